The fraction of sp³-hybridized carbons (Fsp3) is 0.640. The molecule has 1 amide bonds. The molecule has 0 aliphatic rings. The van der Waals surface area contributed by atoms with Crippen molar-refractivity contribution in [3.05, 3.63) is 35.9 Å². The molecular weight excluding hydrogens is 426 g/mol. The molecule has 7 heteroatoms. The van der Waals surface area contributed by atoms with Crippen molar-refractivity contribution in [2.24, 2.45) is 11.8 Å². The number of rotatable bonds is 10. The Kier molecular flexibility index (Phi) is 10.8. The van der Waals surface area contributed by atoms with E-state index in [0.29, 0.717) is 5.75 Å². The van der Waals surface area contributed by atoms with Gasteiger partial charge in [-0.2, -0.15) is 11.8 Å². The number of carbonyl (C=O) groups is 3. The number of Topliss-reactive ketones (excluding diaryl/α,β-unsaturated/α-hetero) is 1. The molecule has 6 nitrogen and oxygen atoms in total. The van der Waals surface area contributed by atoms with E-state index in [2.05, 4.69) is 26.1 Å². The summed E-state index contributed by atoms with van der Waals surface area (Å²) in [5.74, 6) is -0.899. The zero-order valence-electron chi connectivity index (χ0n) is 20.7. The maximum atomic E-state index is 13.1. The largest absolute Gasteiger partial charge is 0.461 e. The summed E-state index contributed by atoms with van der Waals surface area (Å²) in [5, 5.41) is 2.68. The normalized spacial score (nSPS) is 13.9. The van der Waals surface area contributed by atoms with Crippen molar-refractivity contribution in [3.63, 3.8) is 0 Å². The highest BCUT2D eigenvalue weighted by atomic mass is 32.2. The number of benzene rings is 1. The molecule has 2 atom stereocenters. The molecule has 0 aliphatic heterocycles. The van der Waals surface area contributed by atoms with E-state index in [1.54, 1.807) is 32.5 Å². The molecule has 0 saturated heterocycles. The van der Waals surface area contributed by atoms with Crippen molar-refractivity contribution in [2.75, 3.05) is 5.75 Å². The van der Waals surface area contributed by atoms with Crippen LogP contribution in [0.25, 0.3) is 0 Å². The third kappa shape index (κ3) is 11.6. The zero-order chi connectivity index (χ0) is 24.5. The second kappa shape index (κ2) is 12.3. The van der Waals surface area contributed by atoms with E-state index in [0.717, 1.165) is 5.56 Å². The molecule has 0 bridgehead atoms. The van der Waals surface area contributed by atoms with Crippen molar-refractivity contribution in [1.82, 2.24) is 5.32 Å². The van der Waals surface area contributed by atoms with Gasteiger partial charge in [-0.25, -0.2) is 4.79 Å². The van der Waals surface area contributed by atoms with Gasteiger partial charge in [0.2, 0.25) is 0 Å². The Morgan fingerprint density at radius 1 is 1.00 bits per heavy atom. The van der Waals surface area contributed by atoms with Gasteiger partial charge in [-0.3, -0.25) is 9.59 Å². The zero-order valence-corrected chi connectivity index (χ0v) is 21.5. The fourth-order valence-corrected chi connectivity index (χ4v) is 3.79. The lowest BCUT2D eigenvalue weighted by molar-refractivity contribution is -0.150. The second-order valence-electron chi connectivity index (χ2n) is 10.3. The molecule has 0 unspecified atom stereocenters. The third-order valence-corrected chi connectivity index (χ3v) is 5.84. The van der Waals surface area contributed by atoms with Gasteiger partial charge in [0, 0.05) is 16.9 Å². The van der Waals surface area contributed by atoms with Crippen LogP contribution in [0.3, 0.4) is 0 Å². The average molecular weight is 466 g/mol. The van der Waals surface area contributed by atoms with Crippen LogP contribution in [0.1, 0.15) is 67.4 Å². The van der Waals surface area contributed by atoms with Gasteiger partial charge in [0.15, 0.2) is 5.78 Å². The van der Waals surface area contributed by atoms with E-state index in [-0.39, 0.29) is 29.5 Å². The number of hydrogen-bond donors (Lipinski definition) is 1. The van der Waals surface area contributed by atoms with Gasteiger partial charge in [-0.1, -0.05) is 65.0 Å². The Morgan fingerprint density at radius 3 is 2.09 bits per heavy atom. The van der Waals surface area contributed by atoms with Gasteiger partial charge in [-0.05, 0) is 32.3 Å². The smallest absolute Gasteiger partial charge is 0.408 e. The minimum atomic E-state index is -0.742. The highest BCUT2D eigenvalue weighted by Crippen LogP contribution is 2.28. The van der Waals surface area contributed by atoms with Crippen LogP contribution in [0.5, 0.6) is 0 Å². The standard InChI is InChI=1S/C25H39NO5S/c1-17(2)21(26-23(29)31-24(3,4)5)20(27)14-19(16-32-25(6,7)8)22(28)30-15-18-12-10-9-11-13-18/h9-13,17,19,21H,14-16H2,1-8H3,(H,26,29)/t19-,21-/m0/s1. The first-order valence-corrected chi connectivity index (χ1v) is 12.0. The van der Waals surface area contributed by atoms with E-state index in [1.165, 1.54) is 0 Å². The Bertz CT molecular complexity index is 750. The van der Waals surface area contributed by atoms with Crippen molar-refractivity contribution in [1.29, 1.82) is 0 Å². The van der Waals surface area contributed by atoms with E-state index in [4.69, 9.17) is 9.47 Å². The molecule has 1 aromatic carbocycles. The maximum Gasteiger partial charge on any atom is 0.408 e. The predicted molar refractivity (Wildman–Crippen MR) is 130 cm³/mol. The van der Waals surface area contributed by atoms with E-state index in [1.807, 2.05) is 44.2 Å². The molecular formula is C25H39NO5S. The summed E-state index contributed by atoms with van der Waals surface area (Å²) < 4.78 is 10.8. The first-order valence-electron chi connectivity index (χ1n) is 11.0. The Labute approximate surface area is 197 Å². The molecule has 0 fully saturated rings. The summed E-state index contributed by atoms with van der Waals surface area (Å²) in [6.07, 6.45) is -0.646. The van der Waals surface area contributed by atoms with E-state index >= 15 is 0 Å². The number of thioether (sulfide) groups is 1. The molecule has 0 spiro atoms. The highest BCUT2D eigenvalue weighted by molar-refractivity contribution is 8.00. The quantitative estimate of drug-likeness (QED) is 0.467. The maximum absolute atomic E-state index is 13.1. The van der Waals surface area contributed by atoms with Gasteiger partial charge in [-0.15, -0.1) is 0 Å². The van der Waals surface area contributed by atoms with Crippen molar-refractivity contribution in [2.45, 2.75) is 84.8 Å². The number of amides is 1. The molecule has 32 heavy (non-hydrogen) atoms. The number of carbonyl (C=O) groups excluding carboxylic acids is 3. The lowest BCUT2D eigenvalue weighted by Gasteiger charge is -2.27. The van der Waals surface area contributed by atoms with Crippen LogP contribution >= 0.6 is 11.8 Å². The first-order chi connectivity index (χ1) is 14.7. The van der Waals surface area contributed by atoms with Gasteiger partial charge in [0.25, 0.3) is 0 Å². The van der Waals surface area contributed by atoms with Gasteiger partial charge in [0.05, 0.1) is 12.0 Å². The summed E-state index contributed by atoms with van der Waals surface area (Å²) in [4.78, 5) is 38.2. The lowest BCUT2D eigenvalue weighted by atomic mass is 9.93. The van der Waals surface area contributed by atoms with Gasteiger partial charge >= 0.3 is 12.1 Å². The molecule has 0 radical (unpaired) electrons. The lowest BCUT2D eigenvalue weighted by Crippen LogP contribution is -2.47. The summed E-state index contributed by atoms with van der Waals surface area (Å²) in [7, 11) is 0. The molecule has 1 aromatic rings. The Hall–Kier alpha value is -2.02. The Morgan fingerprint density at radius 2 is 1.59 bits per heavy atom. The van der Waals surface area contributed by atoms with Crippen molar-refractivity contribution < 1.29 is 23.9 Å². The van der Waals surface area contributed by atoms with E-state index < -0.39 is 29.6 Å². The first kappa shape index (κ1) is 28.0. The molecule has 0 aromatic heterocycles. The minimum absolute atomic E-state index is 0.00462. The van der Waals surface area contributed by atoms with Crippen molar-refractivity contribution >= 4 is 29.6 Å². The molecule has 0 heterocycles. The van der Waals surface area contributed by atoms with Crippen LogP contribution in [0.4, 0.5) is 4.79 Å². The third-order valence-electron chi connectivity index (χ3n) is 4.41. The van der Waals surface area contributed by atoms with Crippen LogP contribution in [0.15, 0.2) is 30.3 Å². The van der Waals surface area contributed by atoms with Crippen LogP contribution < -0.4 is 5.32 Å². The van der Waals surface area contributed by atoms with Crippen LogP contribution in [-0.4, -0.2) is 40.0 Å². The summed E-state index contributed by atoms with van der Waals surface area (Å²) in [6.45, 7) is 15.4. The summed E-state index contributed by atoms with van der Waals surface area (Å²) in [6, 6.07) is 8.70. The summed E-state index contributed by atoms with van der Waals surface area (Å²) >= 11 is 1.61. The number of ketones is 1. The van der Waals surface area contributed by atoms with E-state index in [9.17, 15) is 14.4 Å². The van der Waals surface area contributed by atoms with Crippen LogP contribution in [0, 0.1) is 11.8 Å². The summed E-state index contributed by atoms with van der Waals surface area (Å²) in [5.41, 5.74) is 0.225. The Balaban J connectivity index is 2.88. The number of ether oxygens (including phenoxy) is 2. The molecule has 0 aliphatic carbocycles. The van der Waals surface area contributed by atoms with Crippen LogP contribution in [0.2, 0.25) is 0 Å². The number of alkyl carbamates (subject to hydrolysis) is 1. The highest BCUT2D eigenvalue weighted by Gasteiger charge is 2.32. The number of nitrogens with one attached hydrogen (secondary N) is 1. The van der Waals surface area contributed by atoms with Gasteiger partial charge in [0.1, 0.15) is 12.2 Å². The fourth-order valence-electron chi connectivity index (χ4n) is 2.83. The van der Waals surface area contributed by atoms with Gasteiger partial charge < -0.3 is 14.8 Å². The number of hydrogen-bond acceptors (Lipinski definition) is 6. The minimum Gasteiger partial charge on any atom is -0.461 e. The number of esters is 1. The topological polar surface area (TPSA) is 81.7 Å². The molecule has 1 rings (SSSR count). The second-order valence-corrected chi connectivity index (χ2v) is 12.1. The average Bonchev–Trinajstić information content (AvgIpc) is 2.65. The monoisotopic (exact) mass is 465 g/mol. The van der Waals surface area contributed by atoms with Crippen LogP contribution in [-0.2, 0) is 25.7 Å². The predicted octanol–water partition coefficient (Wildman–Crippen LogP) is 5.39. The molecule has 1 N–H and O–H groups in total. The van der Waals surface area contributed by atoms with Crippen molar-refractivity contribution in [3.8, 4) is 0 Å². The molecule has 0 saturated carbocycles. The molecule has 180 valence electrons. The SMILES string of the molecule is CC(C)[C@H](NC(=O)OC(C)(C)C)C(=O)C[C@@H](CSC(C)(C)C)C(=O)OCc1ccccc1.